The van der Waals surface area contributed by atoms with Crippen LogP contribution in [0, 0.1) is 0 Å². The highest BCUT2D eigenvalue weighted by atomic mass is 32.1. The predicted molar refractivity (Wildman–Crippen MR) is 116 cm³/mol. The molecular formula is C23H25N3O2S. The van der Waals surface area contributed by atoms with E-state index in [-0.39, 0.29) is 11.8 Å². The van der Waals surface area contributed by atoms with Gasteiger partial charge in [-0.1, -0.05) is 24.3 Å². The average molecular weight is 408 g/mol. The van der Waals surface area contributed by atoms with Gasteiger partial charge in [0.1, 0.15) is 0 Å². The van der Waals surface area contributed by atoms with Crippen molar-refractivity contribution < 1.29 is 9.59 Å². The summed E-state index contributed by atoms with van der Waals surface area (Å²) in [6.07, 6.45) is 4.23. The number of nitrogens with zero attached hydrogens (tertiary/aromatic N) is 2. The molecule has 0 atom stereocenters. The number of thiazole rings is 1. The first-order valence-corrected chi connectivity index (χ1v) is 11.0. The lowest BCUT2D eigenvalue weighted by molar-refractivity contribution is -0.121. The number of aromatic nitrogens is 1. The first-order valence-electron chi connectivity index (χ1n) is 10.2. The van der Waals surface area contributed by atoms with Crippen LogP contribution in [-0.4, -0.2) is 34.8 Å². The molecule has 0 saturated carbocycles. The Kier molecular flexibility index (Phi) is 6.20. The summed E-state index contributed by atoms with van der Waals surface area (Å²) in [6, 6.07) is 15.7. The number of amides is 2. The van der Waals surface area contributed by atoms with Crippen molar-refractivity contribution in [3.05, 3.63) is 64.7 Å². The Morgan fingerprint density at radius 3 is 2.72 bits per heavy atom. The van der Waals surface area contributed by atoms with Crippen molar-refractivity contribution in [3.63, 3.8) is 0 Å². The number of carbonyl (C=O) groups excluding carboxylic acids is 2. The number of likely N-dealkylation sites (tertiary alicyclic amines) is 1. The third-order valence-electron chi connectivity index (χ3n) is 5.19. The third-order valence-corrected chi connectivity index (χ3v) is 6.29. The van der Waals surface area contributed by atoms with E-state index < -0.39 is 0 Å². The smallest absolute Gasteiger partial charge is 0.253 e. The van der Waals surface area contributed by atoms with Crippen molar-refractivity contribution in [3.8, 4) is 0 Å². The molecule has 1 aliphatic rings. The summed E-state index contributed by atoms with van der Waals surface area (Å²) in [4.78, 5) is 31.2. The highest BCUT2D eigenvalue weighted by Crippen LogP contribution is 2.22. The van der Waals surface area contributed by atoms with Crippen LogP contribution in [0.25, 0.3) is 10.2 Å². The van der Waals surface area contributed by atoms with Crippen LogP contribution in [0.3, 0.4) is 0 Å². The second-order valence-electron chi connectivity index (χ2n) is 7.41. The van der Waals surface area contributed by atoms with Gasteiger partial charge >= 0.3 is 0 Å². The number of nitrogens with one attached hydrogen (secondary N) is 1. The maximum atomic E-state index is 12.5. The number of hydrogen-bond acceptors (Lipinski definition) is 4. The molecule has 5 nitrogen and oxygen atoms in total. The second-order valence-corrected chi connectivity index (χ2v) is 8.52. The third kappa shape index (κ3) is 5.01. The molecule has 2 heterocycles. The quantitative estimate of drug-likeness (QED) is 0.639. The molecule has 2 aromatic carbocycles. The van der Waals surface area contributed by atoms with Gasteiger partial charge in [0.25, 0.3) is 5.91 Å². The molecule has 4 rings (SSSR count). The minimum absolute atomic E-state index is 0.0300. The van der Waals surface area contributed by atoms with E-state index in [9.17, 15) is 9.59 Å². The van der Waals surface area contributed by atoms with E-state index in [4.69, 9.17) is 0 Å². The number of para-hydroxylation sites is 1. The minimum Gasteiger partial charge on any atom is -0.352 e. The van der Waals surface area contributed by atoms with Crippen LogP contribution in [0.2, 0.25) is 0 Å². The predicted octanol–water partition coefficient (Wildman–Crippen LogP) is 4.17. The van der Waals surface area contributed by atoms with Crippen LogP contribution in [0.15, 0.2) is 48.5 Å². The van der Waals surface area contributed by atoms with E-state index in [1.807, 2.05) is 47.4 Å². The van der Waals surface area contributed by atoms with Gasteiger partial charge in [-0.25, -0.2) is 4.98 Å². The summed E-state index contributed by atoms with van der Waals surface area (Å²) in [5, 5.41) is 4.04. The Morgan fingerprint density at radius 1 is 1.07 bits per heavy atom. The highest BCUT2D eigenvalue weighted by molar-refractivity contribution is 7.18. The molecule has 0 bridgehead atoms. The lowest BCUT2D eigenvalue weighted by Gasteiger charge is -2.15. The van der Waals surface area contributed by atoms with E-state index in [0.29, 0.717) is 18.5 Å². The Bertz CT molecular complexity index is 975. The van der Waals surface area contributed by atoms with Gasteiger partial charge in [-0.05, 0) is 55.5 Å². The lowest BCUT2D eigenvalue weighted by Crippen LogP contribution is -2.28. The fourth-order valence-electron chi connectivity index (χ4n) is 3.63. The summed E-state index contributed by atoms with van der Waals surface area (Å²) in [6.45, 7) is 2.13. The molecule has 0 aliphatic carbocycles. The van der Waals surface area contributed by atoms with Crippen molar-refractivity contribution in [2.75, 3.05) is 13.1 Å². The van der Waals surface area contributed by atoms with E-state index in [2.05, 4.69) is 16.4 Å². The van der Waals surface area contributed by atoms with Crippen molar-refractivity contribution in [1.29, 1.82) is 0 Å². The van der Waals surface area contributed by atoms with Gasteiger partial charge in [-0.15, -0.1) is 11.3 Å². The van der Waals surface area contributed by atoms with E-state index in [1.165, 1.54) is 4.70 Å². The molecular weight excluding hydrogens is 382 g/mol. The molecule has 0 spiro atoms. The number of aryl methyl sites for hydroxylation is 1. The average Bonchev–Trinajstić information content (AvgIpc) is 3.41. The van der Waals surface area contributed by atoms with E-state index >= 15 is 0 Å². The molecule has 1 N–H and O–H groups in total. The number of hydrogen-bond donors (Lipinski definition) is 1. The largest absolute Gasteiger partial charge is 0.352 e. The Labute approximate surface area is 174 Å². The SMILES string of the molecule is O=C(CCCc1nc2ccccc2s1)NCc1cccc(C(=O)N2CCCC2)c1. The molecule has 1 aliphatic heterocycles. The van der Waals surface area contributed by atoms with Crippen molar-refractivity contribution in [2.45, 2.75) is 38.6 Å². The number of benzene rings is 2. The summed E-state index contributed by atoms with van der Waals surface area (Å²) in [5.41, 5.74) is 2.68. The number of rotatable bonds is 7. The van der Waals surface area contributed by atoms with Gasteiger partial charge in [0.05, 0.1) is 15.2 Å². The summed E-state index contributed by atoms with van der Waals surface area (Å²) in [5.74, 6) is 0.119. The molecule has 150 valence electrons. The Morgan fingerprint density at radius 2 is 1.90 bits per heavy atom. The van der Waals surface area contributed by atoms with Gasteiger partial charge in [-0.3, -0.25) is 9.59 Å². The van der Waals surface area contributed by atoms with E-state index in [0.717, 1.165) is 54.9 Å². The van der Waals surface area contributed by atoms with Crippen molar-refractivity contribution >= 4 is 33.4 Å². The summed E-state index contributed by atoms with van der Waals surface area (Å²) in [7, 11) is 0. The van der Waals surface area contributed by atoms with Crippen LogP contribution >= 0.6 is 11.3 Å². The van der Waals surface area contributed by atoms with Crippen LogP contribution < -0.4 is 5.32 Å². The molecule has 2 amide bonds. The monoisotopic (exact) mass is 407 g/mol. The zero-order valence-corrected chi connectivity index (χ0v) is 17.2. The second kappa shape index (κ2) is 9.18. The lowest BCUT2D eigenvalue weighted by atomic mass is 10.1. The van der Waals surface area contributed by atoms with Crippen molar-refractivity contribution in [1.82, 2.24) is 15.2 Å². The molecule has 0 radical (unpaired) electrons. The topological polar surface area (TPSA) is 62.3 Å². The van der Waals surface area contributed by atoms with E-state index in [1.54, 1.807) is 11.3 Å². The van der Waals surface area contributed by atoms with Gasteiger partial charge < -0.3 is 10.2 Å². The zero-order chi connectivity index (χ0) is 20.1. The minimum atomic E-state index is 0.0300. The number of fused-ring (bicyclic) bond motifs is 1. The first-order chi connectivity index (χ1) is 14.2. The maximum Gasteiger partial charge on any atom is 0.253 e. The molecule has 1 saturated heterocycles. The molecule has 1 aromatic heterocycles. The van der Waals surface area contributed by atoms with Crippen LogP contribution in [-0.2, 0) is 17.8 Å². The highest BCUT2D eigenvalue weighted by Gasteiger charge is 2.19. The van der Waals surface area contributed by atoms with Crippen LogP contribution in [0.4, 0.5) is 0 Å². The fraction of sp³-hybridized carbons (Fsp3) is 0.348. The summed E-state index contributed by atoms with van der Waals surface area (Å²) >= 11 is 1.70. The van der Waals surface area contributed by atoms with Gasteiger partial charge in [0.2, 0.25) is 5.91 Å². The van der Waals surface area contributed by atoms with Crippen molar-refractivity contribution in [2.24, 2.45) is 0 Å². The first kappa shape index (κ1) is 19.6. The maximum absolute atomic E-state index is 12.5. The molecule has 29 heavy (non-hydrogen) atoms. The normalized spacial score (nSPS) is 13.7. The molecule has 0 unspecified atom stereocenters. The van der Waals surface area contributed by atoms with Crippen LogP contribution in [0.1, 0.15) is 46.6 Å². The Balaban J connectivity index is 1.24. The zero-order valence-electron chi connectivity index (χ0n) is 16.4. The summed E-state index contributed by atoms with van der Waals surface area (Å²) < 4.78 is 1.19. The fourth-order valence-corrected chi connectivity index (χ4v) is 4.64. The number of carbonyl (C=O) groups is 2. The Hall–Kier alpha value is -2.73. The molecule has 3 aromatic rings. The van der Waals surface area contributed by atoms with Gasteiger partial charge in [0, 0.05) is 31.6 Å². The van der Waals surface area contributed by atoms with Gasteiger partial charge in [-0.2, -0.15) is 0 Å². The molecule has 6 heteroatoms. The van der Waals surface area contributed by atoms with Gasteiger partial charge in [0.15, 0.2) is 0 Å². The standard InChI is InChI=1S/C23H25N3O2S/c27-21(11-6-12-22-25-19-9-1-2-10-20(19)29-22)24-16-17-7-5-8-18(15-17)23(28)26-13-3-4-14-26/h1-2,5,7-10,15H,3-4,6,11-14,16H2,(H,24,27). The van der Waals surface area contributed by atoms with Crippen LogP contribution in [0.5, 0.6) is 0 Å². The molecule has 1 fully saturated rings.